The molecular weight excluding hydrogens is 348 g/mol. The minimum atomic E-state index is -3.44. The second-order valence-corrected chi connectivity index (χ2v) is 8.58. The Kier molecular flexibility index (Phi) is 7.85. The average Bonchev–Trinajstić information content (AvgIpc) is 2.67. The number of carbonyl (C=O) groups excluding carboxylic acids is 1. The summed E-state index contributed by atoms with van der Waals surface area (Å²) < 4.78 is 26.5. The summed E-state index contributed by atoms with van der Waals surface area (Å²) in [5.41, 5.74) is 0.857. The number of hydrogen-bond acceptors (Lipinski definition) is 3. The molecule has 6 heteroatoms. The molecule has 1 aliphatic heterocycles. The lowest BCUT2D eigenvalue weighted by atomic mass is 9.96. The van der Waals surface area contributed by atoms with Crippen molar-refractivity contribution in [2.45, 2.75) is 39.5 Å². The van der Waals surface area contributed by atoms with Gasteiger partial charge in [0.15, 0.2) is 0 Å². The third-order valence-electron chi connectivity index (χ3n) is 4.69. The van der Waals surface area contributed by atoms with Crippen LogP contribution in [0.2, 0.25) is 0 Å². The fraction of sp³-hybridized carbons (Fsp3) is 0.550. The van der Waals surface area contributed by atoms with E-state index in [4.69, 9.17) is 0 Å². The molecule has 0 atom stereocenters. The summed E-state index contributed by atoms with van der Waals surface area (Å²) in [6.07, 6.45) is 4.71. The predicted octanol–water partition coefficient (Wildman–Crippen LogP) is 3.35. The van der Waals surface area contributed by atoms with E-state index in [0.717, 1.165) is 31.5 Å². The third kappa shape index (κ3) is 5.68. The highest BCUT2D eigenvalue weighted by Gasteiger charge is 2.31. The van der Waals surface area contributed by atoms with E-state index in [9.17, 15) is 13.2 Å². The van der Waals surface area contributed by atoms with E-state index in [1.54, 1.807) is 6.08 Å². The van der Waals surface area contributed by atoms with Crippen molar-refractivity contribution in [2.75, 3.05) is 26.2 Å². The van der Waals surface area contributed by atoms with E-state index in [0.29, 0.717) is 25.9 Å². The van der Waals surface area contributed by atoms with Gasteiger partial charge in [-0.3, -0.25) is 4.79 Å². The fourth-order valence-electron chi connectivity index (χ4n) is 3.30. The second kappa shape index (κ2) is 9.88. The lowest BCUT2D eigenvalue weighted by Gasteiger charge is -2.33. The molecule has 1 heterocycles. The largest absolute Gasteiger partial charge is 0.342 e. The Balaban J connectivity index is 1.94. The molecule has 2 rings (SSSR count). The Morgan fingerprint density at radius 2 is 1.69 bits per heavy atom. The minimum Gasteiger partial charge on any atom is -0.342 e. The molecule has 1 amide bonds. The van der Waals surface area contributed by atoms with Gasteiger partial charge in [-0.25, -0.2) is 8.42 Å². The highest BCUT2D eigenvalue weighted by atomic mass is 32.2. The molecule has 0 bridgehead atoms. The molecule has 1 fully saturated rings. The van der Waals surface area contributed by atoms with Crippen LogP contribution in [0.5, 0.6) is 0 Å². The van der Waals surface area contributed by atoms with Crippen molar-refractivity contribution in [2.24, 2.45) is 5.92 Å². The van der Waals surface area contributed by atoms with Crippen LogP contribution >= 0.6 is 0 Å². The summed E-state index contributed by atoms with van der Waals surface area (Å²) in [5.74, 6) is 0.128. The lowest BCUT2D eigenvalue weighted by Crippen LogP contribution is -2.44. The average molecular weight is 379 g/mol. The zero-order chi connectivity index (χ0) is 19.0. The molecule has 0 saturated carbocycles. The number of carbonyl (C=O) groups is 1. The van der Waals surface area contributed by atoms with Gasteiger partial charge in [-0.05, 0) is 37.3 Å². The quantitative estimate of drug-likeness (QED) is 0.697. The summed E-state index contributed by atoms with van der Waals surface area (Å²) in [7, 11) is -3.44. The molecule has 0 unspecified atom stereocenters. The Labute approximate surface area is 157 Å². The first-order valence-corrected chi connectivity index (χ1v) is 11.0. The van der Waals surface area contributed by atoms with Crippen LogP contribution in [0.1, 0.15) is 45.1 Å². The van der Waals surface area contributed by atoms with Crippen molar-refractivity contribution in [1.82, 2.24) is 9.21 Å². The topological polar surface area (TPSA) is 57.7 Å². The zero-order valence-corrected chi connectivity index (χ0v) is 16.6. The maximum atomic E-state index is 12.7. The number of rotatable bonds is 8. The highest BCUT2D eigenvalue weighted by molar-refractivity contribution is 7.92. The van der Waals surface area contributed by atoms with Gasteiger partial charge in [0.05, 0.1) is 0 Å². The normalized spacial score (nSPS) is 16.8. The summed E-state index contributed by atoms with van der Waals surface area (Å²) in [5, 5.41) is 1.27. The fourth-order valence-corrected chi connectivity index (χ4v) is 4.52. The number of benzene rings is 1. The Morgan fingerprint density at radius 3 is 2.23 bits per heavy atom. The molecule has 5 nitrogen and oxygen atoms in total. The van der Waals surface area contributed by atoms with Gasteiger partial charge in [0.1, 0.15) is 0 Å². The van der Waals surface area contributed by atoms with Crippen LogP contribution < -0.4 is 0 Å². The minimum absolute atomic E-state index is 0.0577. The lowest BCUT2D eigenvalue weighted by molar-refractivity contribution is -0.136. The SMILES string of the molecule is CCCN(CCC)C(=O)C1CCN(S(=O)(=O)/C=C/c2ccccc2)CC1. The van der Waals surface area contributed by atoms with Crippen molar-refractivity contribution in [3.63, 3.8) is 0 Å². The molecular formula is C20H30N2O3S. The van der Waals surface area contributed by atoms with Gasteiger partial charge in [0.2, 0.25) is 15.9 Å². The second-order valence-electron chi connectivity index (χ2n) is 6.76. The summed E-state index contributed by atoms with van der Waals surface area (Å²) in [4.78, 5) is 14.6. The molecule has 1 saturated heterocycles. The number of sulfonamides is 1. The molecule has 144 valence electrons. The summed E-state index contributed by atoms with van der Waals surface area (Å²) in [6, 6.07) is 9.39. The third-order valence-corrected chi connectivity index (χ3v) is 6.26. The van der Waals surface area contributed by atoms with Gasteiger partial charge in [-0.15, -0.1) is 0 Å². The first-order chi connectivity index (χ1) is 12.5. The standard InChI is InChI=1S/C20H30N2O3S/c1-3-13-21(14-4-2)20(23)19-10-15-22(16-11-19)26(24,25)17-12-18-8-6-5-7-9-18/h5-9,12,17,19H,3-4,10-11,13-16H2,1-2H3/b17-12+. The van der Waals surface area contributed by atoms with Crippen molar-refractivity contribution in [3.8, 4) is 0 Å². The number of nitrogens with zero attached hydrogens (tertiary/aromatic N) is 2. The first-order valence-electron chi connectivity index (χ1n) is 9.50. The maximum absolute atomic E-state index is 12.7. The van der Waals surface area contributed by atoms with E-state index in [-0.39, 0.29) is 11.8 Å². The van der Waals surface area contributed by atoms with E-state index in [1.165, 1.54) is 9.71 Å². The van der Waals surface area contributed by atoms with Gasteiger partial charge in [-0.1, -0.05) is 44.2 Å². The van der Waals surface area contributed by atoms with Gasteiger partial charge in [0.25, 0.3) is 0 Å². The van der Waals surface area contributed by atoms with Gasteiger partial charge in [0, 0.05) is 37.5 Å². The zero-order valence-electron chi connectivity index (χ0n) is 15.8. The van der Waals surface area contributed by atoms with Crippen LogP contribution in [0, 0.1) is 5.92 Å². The monoisotopic (exact) mass is 378 g/mol. The van der Waals surface area contributed by atoms with Crippen LogP contribution in [0.3, 0.4) is 0 Å². The van der Waals surface area contributed by atoms with Crippen LogP contribution in [-0.2, 0) is 14.8 Å². The molecule has 1 aromatic rings. The van der Waals surface area contributed by atoms with Crippen LogP contribution in [-0.4, -0.2) is 49.7 Å². The van der Waals surface area contributed by atoms with E-state index < -0.39 is 10.0 Å². The summed E-state index contributed by atoms with van der Waals surface area (Å²) >= 11 is 0. The molecule has 0 N–H and O–H groups in total. The number of piperidine rings is 1. The molecule has 1 aliphatic rings. The smallest absolute Gasteiger partial charge is 0.236 e. The molecule has 0 spiro atoms. The van der Waals surface area contributed by atoms with Crippen molar-refractivity contribution in [1.29, 1.82) is 0 Å². The number of amides is 1. The predicted molar refractivity (Wildman–Crippen MR) is 106 cm³/mol. The number of hydrogen-bond donors (Lipinski definition) is 0. The van der Waals surface area contributed by atoms with Crippen molar-refractivity contribution in [3.05, 3.63) is 41.3 Å². The van der Waals surface area contributed by atoms with Gasteiger partial charge < -0.3 is 4.90 Å². The molecule has 26 heavy (non-hydrogen) atoms. The van der Waals surface area contributed by atoms with E-state index in [2.05, 4.69) is 13.8 Å². The van der Waals surface area contributed by atoms with Gasteiger partial charge >= 0.3 is 0 Å². The molecule has 0 radical (unpaired) electrons. The van der Waals surface area contributed by atoms with Crippen LogP contribution in [0.15, 0.2) is 35.7 Å². The Hall–Kier alpha value is -1.66. The Bertz CT molecular complexity index is 687. The highest BCUT2D eigenvalue weighted by Crippen LogP contribution is 2.23. The molecule has 0 aromatic heterocycles. The van der Waals surface area contributed by atoms with Crippen molar-refractivity contribution >= 4 is 22.0 Å². The van der Waals surface area contributed by atoms with Gasteiger partial charge in [-0.2, -0.15) is 4.31 Å². The van der Waals surface area contributed by atoms with E-state index in [1.807, 2.05) is 35.2 Å². The summed E-state index contributed by atoms with van der Waals surface area (Å²) in [6.45, 7) is 6.53. The van der Waals surface area contributed by atoms with E-state index >= 15 is 0 Å². The molecule has 1 aromatic carbocycles. The van der Waals surface area contributed by atoms with Crippen LogP contribution in [0.25, 0.3) is 6.08 Å². The van der Waals surface area contributed by atoms with Crippen LogP contribution in [0.4, 0.5) is 0 Å². The Morgan fingerprint density at radius 1 is 1.12 bits per heavy atom. The molecule has 0 aliphatic carbocycles. The van der Waals surface area contributed by atoms with Crippen molar-refractivity contribution < 1.29 is 13.2 Å². The first kappa shape index (κ1) is 20.6. The maximum Gasteiger partial charge on any atom is 0.236 e.